The zero-order valence-corrected chi connectivity index (χ0v) is 11.6. The molecule has 17 heavy (non-hydrogen) atoms. The lowest BCUT2D eigenvalue weighted by Crippen LogP contribution is -2.53. The highest BCUT2D eigenvalue weighted by molar-refractivity contribution is 7.99. The molecule has 2 heterocycles. The number of amides is 1. The molecule has 0 spiro atoms. The summed E-state index contributed by atoms with van der Waals surface area (Å²) >= 11 is 1.90. The Bertz CT molecular complexity index is 254. The molecule has 2 saturated heterocycles. The van der Waals surface area contributed by atoms with Crippen molar-refractivity contribution in [2.45, 2.75) is 51.1 Å². The number of carbonyl (C=O) groups is 1. The Morgan fingerprint density at radius 1 is 1.41 bits per heavy atom. The van der Waals surface area contributed by atoms with Crippen LogP contribution in [0.25, 0.3) is 0 Å². The highest BCUT2D eigenvalue weighted by Gasteiger charge is 2.30. The Balaban J connectivity index is 1.98. The minimum absolute atomic E-state index is 0.0703. The Morgan fingerprint density at radius 2 is 2.29 bits per heavy atom. The molecule has 2 aliphatic heterocycles. The summed E-state index contributed by atoms with van der Waals surface area (Å²) in [7, 11) is 0. The molecule has 0 aromatic rings. The van der Waals surface area contributed by atoms with Crippen molar-refractivity contribution >= 4 is 17.7 Å². The van der Waals surface area contributed by atoms with Gasteiger partial charge in [-0.15, -0.1) is 0 Å². The molecule has 1 N–H and O–H groups in total. The van der Waals surface area contributed by atoms with Crippen molar-refractivity contribution in [1.29, 1.82) is 0 Å². The Hall–Kier alpha value is -0.220. The van der Waals surface area contributed by atoms with Crippen LogP contribution >= 0.6 is 11.8 Å². The molecule has 0 aromatic carbocycles. The number of carbonyl (C=O) groups excluding carboxylic acids is 1. The van der Waals surface area contributed by atoms with Gasteiger partial charge in [0.15, 0.2) is 0 Å². The summed E-state index contributed by atoms with van der Waals surface area (Å²) in [5, 5.41) is 3.37. The van der Waals surface area contributed by atoms with Crippen LogP contribution in [-0.2, 0) is 4.79 Å². The fourth-order valence-electron chi connectivity index (χ4n) is 2.82. The molecule has 2 fully saturated rings. The summed E-state index contributed by atoms with van der Waals surface area (Å²) in [5.41, 5.74) is 0. The molecule has 4 heteroatoms. The second-order valence-corrected chi connectivity index (χ2v) is 6.17. The quantitative estimate of drug-likeness (QED) is 0.818. The van der Waals surface area contributed by atoms with E-state index in [0.717, 1.165) is 31.0 Å². The van der Waals surface area contributed by atoms with Crippen LogP contribution in [0.2, 0.25) is 0 Å². The Kier molecular flexibility index (Phi) is 5.16. The molecule has 3 nitrogen and oxygen atoms in total. The molecule has 0 aromatic heterocycles. The first-order valence-corrected chi connectivity index (χ1v) is 8.10. The standard InChI is InChI=1S/C13H24N2OS/c1-2-11-6-4-3-5-8-15(11)13(16)12-10-17-9-7-14-12/h11-12,14H,2-10H2,1H3. The van der Waals surface area contributed by atoms with Crippen molar-refractivity contribution in [2.24, 2.45) is 0 Å². The van der Waals surface area contributed by atoms with Gasteiger partial charge in [0.05, 0.1) is 6.04 Å². The zero-order valence-electron chi connectivity index (χ0n) is 10.8. The van der Waals surface area contributed by atoms with E-state index >= 15 is 0 Å². The summed E-state index contributed by atoms with van der Waals surface area (Å²) < 4.78 is 0. The van der Waals surface area contributed by atoms with E-state index in [0.29, 0.717) is 11.9 Å². The maximum absolute atomic E-state index is 12.5. The monoisotopic (exact) mass is 256 g/mol. The molecular weight excluding hydrogens is 232 g/mol. The highest BCUT2D eigenvalue weighted by atomic mass is 32.2. The van der Waals surface area contributed by atoms with Gasteiger partial charge in [0.25, 0.3) is 0 Å². The van der Waals surface area contributed by atoms with Gasteiger partial charge in [-0.3, -0.25) is 4.79 Å². The smallest absolute Gasteiger partial charge is 0.240 e. The van der Waals surface area contributed by atoms with E-state index in [9.17, 15) is 4.79 Å². The van der Waals surface area contributed by atoms with E-state index in [1.807, 2.05) is 11.8 Å². The molecule has 0 radical (unpaired) electrons. The third-order valence-corrected chi connectivity index (χ3v) is 4.91. The van der Waals surface area contributed by atoms with Crippen molar-refractivity contribution < 1.29 is 4.79 Å². The van der Waals surface area contributed by atoms with Gasteiger partial charge < -0.3 is 10.2 Å². The molecule has 2 atom stereocenters. The second-order valence-electron chi connectivity index (χ2n) is 5.02. The maximum atomic E-state index is 12.5. The van der Waals surface area contributed by atoms with E-state index in [2.05, 4.69) is 17.1 Å². The summed E-state index contributed by atoms with van der Waals surface area (Å²) in [4.78, 5) is 14.7. The molecule has 2 rings (SSSR count). The molecule has 2 unspecified atom stereocenters. The first-order chi connectivity index (χ1) is 8.33. The predicted octanol–water partition coefficient (Wildman–Crippen LogP) is 1.87. The van der Waals surface area contributed by atoms with Crippen LogP contribution in [0.5, 0.6) is 0 Å². The van der Waals surface area contributed by atoms with Crippen LogP contribution in [-0.4, -0.2) is 47.5 Å². The average molecular weight is 256 g/mol. The number of hydrogen-bond donors (Lipinski definition) is 1. The fourth-order valence-corrected chi connectivity index (χ4v) is 3.74. The molecule has 0 bridgehead atoms. The molecule has 0 aliphatic carbocycles. The van der Waals surface area contributed by atoms with E-state index in [1.165, 1.54) is 25.7 Å². The molecule has 1 amide bonds. The summed E-state index contributed by atoms with van der Waals surface area (Å²) in [6.45, 7) is 4.16. The first-order valence-electron chi connectivity index (χ1n) is 6.94. The lowest BCUT2D eigenvalue weighted by atomic mass is 10.1. The van der Waals surface area contributed by atoms with Crippen LogP contribution in [0.3, 0.4) is 0 Å². The van der Waals surface area contributed by atoms with Crippen LogP contribution in [0, 0.1) is 0 Å². The highest BCUT2D eigenvalue weighted by Crippen LogP contribution is 2.21. The van der Waals surface area contributed by atoms with Crippen LogP contribution in [0.1, 0.15) is 39.0 Å². The van der Waals surface area contributed by atoms with Crippen molar-refractivity contribution in [3.05, 3.63) is 0 Å². The number of nitrogens with zero attached hydrogens (tertiary/aromatic N) is 1. The van der Waals surface area contributed by atoms with Gasteiger partial charge in [-0.05, 0) is 19.3 Å². The fraction of sp³-hybridized carbons (Fsp3) is 0.923. The van der Waals surface area contributed by atoms with Gasteiger partial charge in [-0.1, -0.05) is 19.8 Å². The predicted molar refractivity (Wildman–Crippen MR) is 73.4 cm³/mol. The minimum atomic E-state index is 0.0703. The summed E-state index contributed by atoms with van der Waals surface area (Å²) in [6.07, 6.45) is 6.05. The van der Waals surface area contributed by atoms with Gasteiger partial charge in [-0.2, -0.15) is 11.8 Å². The first kappa shape index (κ1) is 13.2. The third kappa shape index (κ3) is 3.38. The van der Waals surface area contributed by atoms with Crippen molar-refractivity contribution in [2.75, 3.05) is 24.6 Å². The zero-order chi connectivity index (χ0) is 12.1. The minimum Gasteiger partial charge on any atom is -0.338 e. The van der Waals surface area contributed by atoms with E-state index in [-0.39, 0.29) is 6.04 Å². The van der Waals surface area contributed by atoms with Crippen LogP contribution in [0.4, 0.5) is 0 Å². The maximum Gasteiger partial charge on any atom is 0.240 e. The number of nitrogens with one attached hydrogen (secondary N) is 1. The van der Waals surface area contributed by atoms with Crippen LogP contribution < -0.4 is 5.32 Å². The third-order valence-electron chi connectivity index (χ3n) is 3.85. The van der Waals surface area contributed by atoms with Gasteiger partial charge in [0.2, 0.25) is 5.91 Å². The van der Waals surface area contributed by atoms with Crippen molar-refractivity contribution in [1.82, 2.24) is 10.2 Å². The number of thioether (sulfide) groups is 1. The SMILES string of the molecule is CCC1CCCCCN1C(=O)C1CSCCN1. The van der Waals surface area contributed by atoms with E-state index in [1.54, 1.807) is 0 Å². The lowest BCUT2D eigenvalue weighted by molar-refractivity contribution is -0.135. The number of rotatable bonds is 2. The number of hydrogen-bond acceptors (Lipinski definition) is 3. The topological polar surface area (TPSA) is 32.3 Å². The van der Waals surface area contributed by atoms with Gasteiger partial charge in [-0.25, -0.2) is 0 Å². The Morgan fingerprint density at radius 3 is 3.00 bits per heavy atom. The van der Waals surface area contributed by atoms with E-state index < -0.39 is 0 Å². The molecule has 98 valence electrons. The summed E-state index contributed by atoms with van der Waals surface area (Å²) in [5.74, 6) is 2.44. The molecular formula is C13H24N2OS. The van der Waals surface area contributed by atoms with Crippen LogP contribution in [0.15, 0.2) is 0 Å². The van der Waals surface area contributed by atoms with Gasteiger partial charge in [0.1, 0.15) is 0 Å². The molecule has 2 aliphatic rings. The van der Waals surface area contributed by atoms with Gasteiger partial charge >= 0.3 is 0 Å². The van der Waals surface area contributed by atoms with E-state index in [4.69, 9.17) is 0 Å². The second kappa shape index (κ2) is 6.64. The Labute approximate surface area is 109 Å². The largest absolute Gasteiger partial charge is 0.338 e. The van der Waals surface area contributed by atoms with Crippen molar-refractivity contribution in [3.63, 3.8) is 0 Å². The molecule has 0 saturated carbocycles. The van der Waals surface area contributed by atoms with Gasteiger partial charge in [0, 0.05) is 30.6 Å². The summed E-state index contributed by atoms with van der Waals surface area (Å²) in [6, 6.07) is 0.555. The average Bonchev–Trinajstić information content (AvgIpc) is 2.64. The lowest BCUT2D eigenvalue weighted by Gasteiger charge is -2.34. The normalized spacial score (nSPS) is 31.0. The number of likely N-dealkylation sites (tertiary alicyclic amines) is 1. The van der Waals surface area contributed by atoms with Crippen molar-refractivity contribution in [3.8, 4) is 0 Å².